The summed E-state index contributed by atoms with van der Waals surface area (Å²) in [6.07, 6.45) is 2.45. The molecule has 0 radical (unpaired) electrons. The van der Waals surface area contributed by atoms with E-state index in [4.69, 9.17) is 5.26 Å². The number of nitrogens with one attached hydrogen (secondary N) is 1. The maximum Gasteiger partial charge on any atom is 0.0661 e. The lowest BCUT2D eigenvalue weighted by atomic mass is 10.2. The Bertz CT molecular complexity index is 159. The molecule has 1 N–H and O–H groups in total. The molecule has 2 rings (SSSR count). The second-order valence-electron chi connectivity index (χ2n) is 3.31. The van der Waals surface area contributed by atoms with Crippen molar-refractivity contribution in [3.05, 3.63) is 0 Å². The molecular formula is C8H12N2. The Morgan fingerprint density at radius 1 is 1.20 bits per heavy atom. The molecule has 10 heavy (non-hydrogen) atoms. The number of fused-ring (bicyclic) bond motifs is 1. The molecule has 0 aromatic carbocycles. The van der Waals surface area contributed by atoms with Gasteiger partial charge < -0.3 is 5.32 Å². The van der Waals surface area contributed by atoms with Crippen molar-refractivity contribution in [3.8, 4) is 6.07 Å². The van der Waals surface area contributed by atoms with E-state index in [1.807, 2.05) is 0 Å². The van der Waals surface area contributed by atoms with Gasteiger partial charge in [-0.05, 0) is 37.8 Å². The molecule has 0 bridgehead atoms. The quantitative estimate of drug-likeness (QED) is 0.533. The summed E-state index contributed by atoms with van der Waals surface area (Å²) in [5.41, 5.74) is 0. The van der Waals surface area contributed by atoms with E-state index in [2.05, 4.69) is 11.4 Å². The third-order valence-electron chi connectivity index (χ3n) is 2.79. The van der Waals surface area contributed by atoms with Gasteiger partial charge in [-0.3, -0.25) is 0 Å². The summed E-state index contributed by atoms with van der Waals surface area (Å²) < 4.78 is 0. The number of hydrogen-bond acceptors (Lipinski definition) is 2. The Labute approximate surface area is 61.2 Å². The van der Waals surface area contributed by atoms with Crippen LogP contribution in [0.1, 0.15) is 12.8 Å². The molecule has 0 aromatic heterocycles. The van der Waals surface area contributed by atoms with Gasteiger partial charge >= 0.3 is 0 Å². The first kappa shape index (κ1) is 6.18. The standard InChI is InChI=1S/C8H12N2/c9-5-8-6-1-3-10-4-2-7(6)8/h6-8,10H,1-4H2/t6-,7-/m0/s1. The first-order chi connectivity index (χ1) is 4.93. The molecule has 0 spiro atoms. The van der Waals surface area contributed by atoms with E-state index in [-0.39, 0.29) is 0 Å². The molecule has 0 amide bonds. The predicted molar refractivity (Wildman–Crippen MR) is 38.2 cm³/mol. The van der Waals surface area contributed by atoms with Crippen LogP contribution in [0.15, 0.2) is 0 Å². The van der Waals surface area contributed by atoms with Crippen LogP contribution in [0.4, 0.5) is 0 Å². The monoisotopic (exact) mass is 136 g/mol. The Morgan fingerprint density at radius 2 is 1.80 bits per heavy atom. The summed E-state index contributed by atoms with van der Waals surface area (Å²) in [6, 6.07) is 2.38. The zero-order valence-electron chi connectivity index (χ0n) is 6.01. The summed E-state index contributed by atoms with van der Waals surface area (Å²) >= 11 is 0. The molecule has 2 atom stereocenters. The Balaban J connectivity index is 1.96. The van der Waals surface area contributed by atoms with Crippen molar-refractivity contribution in [1.82, 2.24) is 5.32 Å². The molecule has 2 fully saturated rings. The summed E-state index contributed by atoms with van der Waals surface area (Å²) in [5, 5.41) is 12.0. The van der Waals surface area contributed by atoms with Crippen LogP contribution in [0.5, 0.6) is 0 Å². The van der Waals surface area contributed by atoms with Crippen molar-refractivity contribution in [2.45, 2.75) is 12.8 Å². The lowest BCUT2D eigenvalue weighted by Gasteiger charge is -1.97. The smallest absolute Gasteiger partial charge is 0.0661 e. The van der Waals surface area contributed by atoms with Crippen molar-refractivity contribution in [2.24, 2.45) is 17.8 Å². The van der Waals surface area contributed by atoms with Crippen molar-refractivity contribution < 1.29 is 0 Å². The van der Waals surface area contributed by atoms with Gasteiger partial charge in [0.25, 0.3) is 0 Å². The van der Waals surface area contributed by atoms with Gasteiger partial charge in [0.1, 0.15) is 0 Å². The van der Waals surface area contributed by atoms with Crippen LogP contribution in [0.25, 0.3) is 0 Å². The van der Waals surface area contributed by atoms with Crippen molar-refractivity contribution in [3.63, 3.8) is 0 Å². The number of nitrogens with zero attached hydrogens (tertiary/aromatic N) is 1. The Hall–Kier alpha value is -0.550. The second-order valence-corrected chi connectivity index (χ2v) is 3.31. The summed E-state index contributed by atoms with van der Waals surface area (Å²) in [7, 11) is 0. The second kappa shape index (κ2) is 2.25. The maximum absolute atomic E-state index is 8.66. The van der Waals surface area contributed by atoms with Crippen LogP contribution in [0.2, 0.25) is 0 Å². The van der Waals surface area contributed by atoms with Gasteiger partial charge in [-0.15, -0.1) is 0 Å². The first-order valence-electron chi connectivity index (χ1n) is 4.04. The zero-order valence-corrected chi connectivity index (χ0v) is 6.01. The molecule has 2 nitrogen and oxygen atoms in total. The van der Waals surface area contributed by atoms with Gasteiger partial charge in [-0.1, -0.05) is 0 Å². The van der Waals surface area contributed by atoms with Gasteiger partial charge in [-0.25, -0.2) is 0 Å². The molecule has 54 valence electrons. The fraction of sp³-hybridized carbons (Fsp3) is 0.875. The molecular weight excluding hydrogens is 124 g/mol. The molecule has 1 heterocycles. The molecule has 0 aromatic rings. The topological polar surface area (TPSA) is 35.8 Å². The highest BCUT2D eigenvalue weighted by Crippen LogP contribution is 2.50. The summed E-state index contributed by atoms with van der Waals surface area (Å²) in [6.45, 7) is 2.25. The van der Waals surface area contributed by atoms with Gasteiger partial charge in [0.15, 0.2) is 0 Å². The van der Waals surface area contributed by atoms with E-state index in [0.29, 0.717) is 5.92 Å². The fourth-order valence-electron chi connectivity index (χ4n) is 2.09. The zero-order chi connectivity index (χ0) is 6.97. The predicted octanol–water partition coefficient (Wildman–Crippen LogP) is 0.756. The van der Waals surface area contributed by atoms with Gasteiger partial charge in [0.05, 0.1) is 12.0 Å². The van der Waals surface area contributed by atoms with Crippen LogP contribution in [-0.4, -0.2) is 13.1 Å². The highest BCUT2D eigenvalue weighted by molar-refractivity contribution is 5.09. The Kier molecular flexibility index (Phi) is 1.39. The largest absolute Gasteiger partial charge is 0.317 e. The lowest BCUT2D eigenvalue weighted by molar-refractivity contribution is 0.624. The van der Waals surface area contributed by atoms with Gasteiger partial charge in [0.2, 0.25) is 0 Å². The average Bonchev–Trinajstić information content (AvgIpc) is 2.59. The molecule has 0 unspecified atom stereocenters. The molecule has 1 saturated carbocycles. The normalized spacial score (nSPS) is 44.9. The molecule has 2 aliphatic rings. The highest BCUT2D eigenvalue weighted by Gasteiger charge is 2.49. The molecule has 1 aliphatic carbocycles. The summed E-state index contributed by atoms with van der Waals surface area (Å²) in [4.78, 5) is 0. The van der Waals surface area contributed by atoms with Crippen LogP contribution < -0.4 is 5.32 Å². The minimum absolute atomic E-state index is 0.419. The van der Waals surface area contributed by atoms with E-state index >= 15 is 0 Å². The average molecular weight is 136 g/mol. The van der Waals surface area contributed by atoms with Gasteiger partial charge in [-0.2, -0.15) is 5.26 Å². The van der Waals surface area contributed by atoms with E-state index in [1.54, 1.807) is 0 Å². The minimum atomic E-state index is 0.419. The van der Waals surface area contributed by atoms with E-state index in [9.17, 15) is 0 Å². The van der Waals surface area contributed by atoms with Crippen molar-refractivity contribution in [1.29, 1.82) is 5.26 Å². The molecule has 2 heteroatoms. The third-order valence-corrected chi connectivity index (χ3v) is 2.79. The van der Waals surface area contributed by atoms with Crippen molar-refractivity contribution in [2.75, 3.05) is 13.1 Å². The first-order valence-corrected chi connectivity index (χ1v) is 4.04. The number of nitriles is 1. The lowest BCUT2D eigenvalue weighted by Crippen LogP contribution is -2.15. The van der Waals surface area contributed by atoms with Crippen LogP contribution >= 0.6 is 0 Å². The van der Waals surface area contributed by atoms with Crippen LogP contribution in [-0.2, 0) is 0 Å². The van der Waals surface area contributed by atoms with E-state index in [1.165, 1.54) is 12.8 Å². The van der Waals surface area contributed by atoms with Crippen LogP contribution in [0, 0.1) is 29.1 Å². The summed E-state index contributed by atoms with van der Waals surface area (Å²) in [5.74, 6) is 1.92. The Morgan fingerprint density at radius 3 is 2.30 bits per heavy atom. The fourth-order valence-corrected chi connectivity index (χ4v) is 2.09. The minimum Gasteiger partial charge on any atom is -0.317 e. The third kappa shape index (κ3) is 0.819. The number of hydrogen-bond donors (Lipinski definition) is 1. The maximum atomic E-state index is 8.66. The molecule has 1 aliphatic heterocycles. The van der Waals surface area contributed by atoms with E-state index in [0.717, 1.165) is 24.9 Å². The molecule has 1 saturated heterocycles. The number of rotatable bonds is 0. The highest BCUT2D eigenvalue weighted by atomic mass is 14.9. The van der Waals surface area contributed by atoms with E-state index < -0.39 is 0 Å². The van der Waals surface area contributed by atoms with Crippen LogP contribution in [0.3, 0.4) is 0 Å². The van der Waals surface area contributed by atoms with Gasteiger partial charge in [0, 0.05) is 0 Å². The SMILES string of the molecule is N#CC1[C@H]2CCNCC[C@H]12. The van der Waals surface area contributed by atoms with Crippen molar-refractivity contribution >= 4 is 0 Å².